The lowest BCUT2D eigenvalue weighted by Crippen LogP contribution is -1.83. The Morgan fingerprint density at radius 3 is 2.86 bits per heavy atom. The van der Waals surface area contributed by atoms with Crippen molar-refractivity contribution in [3.63, 3.8) is 0 Å². The van der Waals surface area contributed by atoms with Crippen molar-refractivity contribution in [3.8, 4) is 11.8 Å². The van der Waals surface area contributed by atoms with Crippen molar-refractivity contribution in [2.24, 2.45) is 0 Å². The van der Waals surface area contributed by atoms with Gasteiger partial charge in [-0.2, -0.15) is 5.26 Å². The minimum Gasteiger partial charge on any atom is -0.508 e. The highest BCUT2D eigenvalue weighted by molar-refractivity contribution is 5.87. The van der Waals surface area contributed by atoms with E-state index in [2.05, 4.69) is 6.07 Å². The fourth-order valence-electron chi connectivity index (χ4n) is 1.56. The lowest BCUT2D eigenvalue weighted by atomic mass is 10.0. The third kappa shape index (κ3) is 1.40. The number of fused-ring (bicyclic) bond motifs is 1. The molecule has 0 unspecified atom stereocenters. The zero-order valence-electron chi connectivity index (χ0n) is 7.57. The van der Waals surface area contributed by atoms with Gasteiger partial charge in [0.1, 0.15) is 5.75 Å². The first kappa shape index (κ1) is 8.58. The number of hydrogen-bond acceptors (Lipinski definition) is 2. The molecule has 0 fully saturated rings. The Hall–Kier alpha value is -2.01. The third-order valence-electron chi connectivity index (χ3n) is 2.23. The fourth-order valence-corrected chi connectivity index (χ4v) is 1.56. The first-order chi connectivity index (χ1) is 6.81. The second-order valence-corrected chi connectivity index (χ2v) is 3.16. The molecule has 0 heterocycles. The van der Waals surface area contributed by atoms with Gasteiger partial charge < -0.3 is 5.11 Å². The molecule has 0 radical (unpaired) electrons. The molecule has 0 bridgehead atoms. The zero-order valence-corrected chi connectivity index (χ0v) is 7.57. The van der Waals surface area contributed by atoms with Crippen LogP contribution in [0.25, 0.3) is 10.8 Å². The monoisotopic (exact) mass is 183 g/mol. The van der Waals surface area contributed by atoms with E-state index in [1.807, 2.05) is 24.3 Å². The highest BCUT2D eigenvalue weighted by Crippen LogP contribution is 2.23. The van der Waals surface area contributed by atoms with Gasteiger partial charge in [-0.25, -0.2) is 0 Å². The van der Waals surface area contributed by atoms with Crippen molar-refractivity contribution in [2.45, 2.75) is 6.42 Å². The van der Waals surface area contributed by atoms with Gasteiger partial charge in [-0.3, -0.25) is 0 Å². The van der Waals surface area contributed by atoms with Gasteiger partial charge in [0.2, 0.25) is 0 Å². The molecule has 0 spiro atoms. The summed E-state index contributed by atoms with van der Waals surface area (Å²) in [5.74, 6) is 0.239. The van der Waals surface area contributed by atoms with E-state index in [0.29, 0.717) is 6.42 Å². The van der Waals surface area contributed by atoms with Crippen LogP contribution in [-0.2, 0) is 6.42 Å². The van der Waals surface area contributed by atoms with E-state index in [-0.39, 0.29) is 5.75 Å². The maximum absolute atomic E-state index is 9.34. The topological polar surface area (TPSA) is 44.0 Å². The van der Waals surface area contributed by atoms with Crippen LogP contribution in [0.3, 0.4) is 0 Å². The van der Waals surface area contributed by atoms with Gasteiger partial charge in [-0.05, 0) is 28.5 Å². The largest absolute Gasteiger partial charge is 0.508 e. The SMILES string of the molecule is N#CCc1cccc2ccc(O)cc12. The molecule has 1 N–H and O–H groups in total. The highest BCUT2D eigenvalue weighted by Gasteiger charge is 2.00. The van der Waals surface area contributed by atoms with Crippen LogP contribution < -0.4 is 0 Å². The normalized spacial score (nSPS) is 9.93. The second kappa shape index (κ2) is 3.39. The van der Waals surface area contributed by atoms with Crippen LogP contribution >= 0.6 is 0 Å². The summed E-state index contributed by atoms with van der Waals surface area (Å²) >= 11 is 0. The van der Waals surface area contributed by atoms with Crippen molar-refractivity contribution >= 4 is 10.8 Å². The standard InChI is InChI=1S/C12H9NO/c13-7-6-10-3-1-2-9-4-5-11(14)8-12(9)10/h1-5,8,14H,6H2. The second-order valence-electron chi connectivity index (χ2n) is 3.16. The van der Waals surface area contributed by atoms with Crippen LogP contribution in [0.2, 0.25) is 0 Å². The lowest BCUT2D eigenvalue weighted by Gasteiger charge is -2.03. The predicted octanol–water partition coefficient (Wildman–Crippen LogP) is 2.61. The van der Waals surface area contributed by atoms with E-state index in [1.165, 1.54) is 0 Å². The number of phenols is 1. The molecule has 2 aromatic carbocycles. The molecule has 2 heteroatoms. The average Bonchev–Trinajstić information content (AvgIpc) is 2.19. The van der Waals surface area contributed by atoms with E-state index >= 15 is 0 Å². The van der Waals surface area contributed by atoms with E-state index < -0.39 is 0 Å². The van der Waals surface area contributed by atoms with E-state index in [9.17, 15) is 5.11 Å². The highest BCUT2D eigenvalue weighted by atomic mass is 16.3. The van der Waals surface area contributed by atoms with E-state index in [1.54, 1.807) is 12.1 Å². The third-order valence-corrected chi connectivity index (χ3v) is 2.23. The molecule has 0 aliphatic rings. The predicted molar refractivity (Wildman–Crippen MR) is 54.9 cm³/mol. The number of nitrogens with zero attached hydrogens (tertiary/aromatic N) is 1. The minimum atomic E-state index is 0.239. The molecule has 2 rings (SSSR count). The van der Waals surface area contributed by atoms with Crippen molar-refractivity contribution < 1.29 is 5.11 Å². The van der Waals surface area contributed by atoms with Crippen molar-refractivity contribution in [1.82, 2.24) is 0 Å². The maximum Gasteiger partial charge on any atom is 0.116 e. The molecule has 0 saturated heterocycles. The molecule has 0 aliphatic carbocycles. The Morgan fingerprint density at radius 2 is 2.07 bits per heavy atom. The Labute approximate surface area is 82.0 Å². The Morgan fingerprint density at radius 1 is 1.21 bits per heavy atom. The summed E-state index contributed by atoms with van der Waals surface area (Å²) in [4.78, 5) is 0. The Balaban J connectivity index is 2.72. The van der Waals surface area contributed by atoms with Crippen molar-refractivity contribution in [1.29, 1.82) is 5.26 Å². The lowest BCUT2D eigenvalue weighted by molar-refractivity contribution is 0.476. The van der Waals surface area contributed by atoms with Gasteiger partial charge in [0, 0.05) is 0 Å². The van der Waals surface area contributed by atoms with Crippen LogP contribution in [-0.4, -0.2) is 5.11 Å². The van der Waals surface area contributed by atoms with Gasteiger partial charge in [0.25, 0.3) is 0 Å². The van der Waals surface area contributed by atoms with Gasteiger partial charge in [-0.15, -0.1) is 0 Å². The smallest absolute Gasteiger partial charge is 0.116 e. The number of benzene rings is 2. The number of hydrogen-bond donors (Lipinski definition) is 1. The first-order valence-corrected chi connectivity index (χ1v) is 4.39. The molecule has 0 aromatic heterocycles. The van der Waals surface area contributed by atoms with Gasteiger partial charge in [-0.1, -0.05) is 24.3 Å². The number of phenolic OH excluding ortho intramolecular Hbond substituents is 1. The molecule has 0 atom stereocenters. The molecule has 14 heavy (non-hydrogen) atoms. The number of aromatic hydroxyl groups is 1. The Kier molecular flexibility index (Phi) is 2.08. The van der Waals surface area contributed by atoms with Crippen LogP contribution in [0, 0.1) is 11.3 Å². The van der Waals surface area contributed by atoms with Crippen LogP contribution in [0.5, 0.6) is 5.75 Å². The molecule has 0 amide bonds. The summed E-state index contributed by atoms with van der Waals surface area (Å²) in [6, 6.07) is 13.1. The average molecular weight is 183 g/mol. The van der Waals surface area contributed by atoms with Crippen molar-refractivity contribution in [3.05, 3.63) is 42.0 Å². The summed E-state index contributed by atoms with van der Waals surface area (Å²) in [7, 11) is 0. The summed E-state index contributed by atoms with van der Waals surface area (Å²) in [6.07, 6.45) is 0.376. The summed E-state index contributed by atoms with van der Waals surface area (Å²) < 4.78 is 0. The quantitative estimate of drug-likeness (QED) is 0.738. The molecule has 0 aliphatic heterocycles. The van der Waals surface area contributed by atoms with Gasteiger partial charge in [0.05, 0.1) is 12.5 Å². The van der Waals surface area contributed by atoms with Crippen molar-refractivity contribution in [2.75, 3.05) is 0 Å². The van der Waals surface area contributed by atoms with E-state index in [4.69, 9.17) is 5.26 Å². The van der Waals surface area contributed by atoms with Crippen LogP contribution in [0.4, 0.5) is 0 Å². The van der Waals surface area contributed by atoms with Crippen LogP contribution in [0.15, 0.2) is 36.4 Å². The van der Waals surface area contributed by atoms with Gasteiger partial charge >= 0.3 is 0 Å². The molecule has 68 valence electrons. The first-order valence-electron chi connectivity index (χ1n) is 4.39. The van der Waals surface area contributed by atoms with Crippen LogP contribution in [0.1, 0.15) is 5.56 Å². The van der Waals surface area contributed by atoms with Gasteiger partial charge in [0.15, 0.2) is 0 Å². The maximum atomic E-state index is 9.34. The molecule has 0 saturated carbocycles. The zero-order chi connectivity index (χ0) is 9.97. The molecule has 2 nitrogen and oxygen atoms in total. The molecular weight excluding hydrogens is 174 g/mol. The summed E-state index contributed by atoms with van der Waals surface area (Å²) in [6.45, 7) is 0. The summed E-state index contributed by atoms with van der Waals surface area (Å²) in [5.41, 5.74) is 0.959. The molecular formula is C12H9NO. The fraction of sp³-hybridized carbons (Fsp3) is 0.0833. The number of nitriles is 1. The minimum absolute atomic E-state index is 0.239. The van der Waals surface area contributed by atoms with E-state index in [0.717, 1.165) is 16.3 Å². The Bertz CT molecular complexity index is 511. The summed E-state index contributed by atoms with van der Waals surface area (Å²) in [5, 5.41) is 20.0. The molecule has 2 aromatic rings. The number of rotatable bonds is 1.